The summed E-state index contributed by atoms with van der Waals surface area (Å²) in [6.45, 7) is 8.40. The van der Waals surface area contributed by atoms with E-state index in [1.54, 1.807) is 0 Å². The van der Waals surface area contributed by atoms with Gasteiger partial charge in [-0.2, -0.15) is 4.98 Å². The number of hydrogen-bond acceptors (Lipinski definition) is 6. The van der Waals surface area contributed by atoms with E-state index in [4.69, 9.17) is 4.52 Å². The van der Waals surface area contributed by atoms with E-state index < -0.39 is 0 Å². The van der Waals surface area contributed by atoms with Gasteiger partial charge in [0.2, 0.25) is 17.6 Å². The van der Waals surface area contributed by atoms with E-state index in [1.165, 1.54) is 0 Å². The molecule has 162 valence electrons. The van der Waals surface area contributed by atoms with Crippen LogP contribution >= 0.6 is 15.9 Å². The summed E-state index contributed by atoms with van der Waals surface area (Å²) in [5.41, 5.74) is 4.01. The first-order valence-corrected chi connectivity index (χ1v) is 11.2. The lowest BCUT2D eigenvalue weighted by atomic mass is 10.1. The van der Waals surface area contributed by atoms with Crippen LogP contribution in [0.5, 0.6) is 0 Å². The highest BCUT2D eigenvalue weighted by Gasteiger charge is 2.21. The molecule has 1 aromatic heterocycles. The third-order valence-electron chi connectivity index (χ3n) is 5.49. The number of halogens is 1. The molecule has 31 heavy (non-hydrogen) atoms. The van der Waals surface area contributed by atoms with Crippen molar-refractivity contribution in [3.63, 3.8) is 0 Å². The van der Waals surface area contributed by atoms with Crippen molar-refractivity contribution in [3.8, 4) is 11.4 Å². The van der Waals surface area contributed by atoms with Crippen molar-refractivity contribution in [2.24, 2.45) is 0 Å². The number of benzene rings is 2. The molecule has 0 spiro atoms. The molecule has 8 heteroatoms. The van der Waals surface area contributed by atoms with E-state index in [1.807, 2.05) is 56.3 Å². The first kappa shape index (κ1) is 21.7. The Morgan fingerprint density at radius 1 is 1.06 bits per heavy atom. The maximum Gasteiger partial charge on any atom is 0.241 e. The van der Waals surface area contributed by atoms with Crippen molar-refractivity contribution >= 4 is 27.5 Å². The molecule has 0 unspecified atom stereocenters. The number of nitrogens with one attached hydrogen (secondary N) is 1. The largest absolute Gasteiger partial charge is 0.338 e. The number of aryl methyl sites for hydroxylation is 2. The van der Waals surface area contributed by atoms with Crippen LogP contribution in [0.1, 0.15) is 17.0 Å². The molecule has 0 bridgehead atoms. The number of nitrogens with zero attached hydrogens (tertiary/aromatic N) is 4. The Kier molecular flexibility index (Phi) is 6.80. The van der Waals surface area contributed by atoms with Crippen LogP contribution in [0.15, 0.2) is 51.5 Å². The first-order valence-electron chi connectivity index (χ1n) is 10.4. The molecule has 1 amide bonds. The van der Waals surface area contributed by atoms with Crippen molar-refractivity contribution in [2.45, 2.75) is 20.4 Å². The second-order valence-corrected chi connectivity index (χ2v) is 8.81. The Bertz CT molecular complexity index is 1040. The average Bonchev–Trinajstić information content (AvgIpc) is 3.21. The standard InChI is InChI=1S/C23H26BrN5O2/c1-16-5-3-6-17(2)22(16)25-20(30)14-28-9-11-29(12-10-28)15-21-26-23(27-31-21)18-7-4-8-19(24)13-18/h3-8,13H,9-12,14-15H2,1-2H3,(H,25,30). The maximum absolute atomic E-state index is 12.5. The van der Waals surface area contributed by atoms with Gasteiger partial charge in [-0.3, -0.25) is 14.6 Å². The number of rotatable bonds is 6. The minimum atomic E-state index is 0.0291. The monoisotopic (exact) mass is 483 g/mol. The summed E-state index contributed by atoms with van der Waals surface area (Å²) in [7, 11) is 0. The number of para-hydroxylation sites is 1. The average molecular weight is 484 g/mol. The lowest BCUT2D eigenvalue weighted by Gasteiger charge is -2.33. The summed E-state index contributed by atoms with van der Waals surface area (Å²) in [5.74, 6) is 1.23. The molecule has 2 heterocycles. The van der Waals surface area contributed by atoms with E-state index in [9.17, 15) is 4.79 Å². The summed E-state index contributed by atoms with van der Waals surface area (Å²) in [6, 6.07) is 13.9. The van der Waals surface area contributed by atoms with Gasteiger partial charge < -0.3 is 9.84 Å². The minimum absolute atomic E-state index is 0.0291. The van der Waals surface area contributed by atoms with Crippen LogP contribution in [0.2, 0.25) is 0 Å². The van der Waals surface area contributed by atoms with Crippen LogP contribution in [0.4, 0.5) is 5.69 Å². The molecular formula is C23H26BrN5O2. The van der Waals surface area contributed by atoms with Crippen molar-refractivity contribution in [1.29, 1.82) is 0 Å². The predicted octanol–water partition coefficient (Wildman–Crippen LogP) is 3.87. The number of amides is 1. The quantitative estimate of drug-likeness (QED) is 0.573. The van der Waals surface area contributed by atoms with Crippen LogP contribution in [0.3, 0.4) is 0 Å². The molecule has 2 aromatic carbocycles. The number of hydrogen-bond donors (Lipinski definition) is 1. The van der Waals surface area contributed by atoms with Gasteiger partial charge >= 0.3 is 0 Å². The normalized spacial score (nSPS) is 15.2. The van der Waals surface area contributed by atoms with Gasteiger partial charge in [0.15, 0.2) is 0 Å². The zero-order chi connectivity index (χ0) is 21.8. The van der Waals surface area contributed by atoms with Gasteiger partial charge in [0, 0.05) is 41.9 Å². The molecule has 0 aliphatic carbocycles. The predicted molar refractivity (Wildman–Crippen MR) is 124 cm³/mol. The Morgan fingerprint density at radius 3 is 2.45 bits per heavy atom. The lowest BCUT2D eigenvalue weighted by Crippen LogP contribution is -2.48. The SMILES string of the molecule is Cc1cccc(C)c1NC(=O)CN1CCN(Cc2nc(-c3cccc(Br)c3)no2)CC1. The molecule has 0 atom stereocenters. The smallest absolute Gasteiger partial charge is 0.241 e. The van der Waals surface area contributed by atoms with E-state index in [0.717, 1.165) is 53.0 Å². The van der Waals surface area contributed by atoms with E-state index in [-0.39, 0.29) is 5.91 Å². The topological polar surface area (TPSA) is 74.5 Å². The molecule has 1 aliphatic rings. The lowest BCUT2D eigenvalue weighted by molar-refractivity contribution is -0.117. The van der Waals surface area contributed by atoms with Gasteiger partial charge in [-0.15, -0.1) is 0 Å². The Morgan fingerprint density at radius 2 is 1.74 bits per heavy atom. The molecule has 4 rings (SSSR count). The molecule has 1 N–H and O–H groups in total. The number of carbonyl (C=O) groups excluding carboxylic acids is 1. The molecule has 1 fully saturated rings. The van der Waals surface area contributed by atoms with Crippen LogP contribution < -0.4 is 5.32 Å². The third-order valence-corrected chi connectivity index (χ3v) is 5.98. The Hall–Kier alpha value is -2.55. The Balaban J connectivity index is 1.26. The first-order chi connectivity index (χ1) is 15.0. The zero-order valence-corrected chi connectivity index (χ0v) is 19.4. The minimum Gasteiger partial charge on any atom is -0.338 e. The highest BCUT2D eigenvalue weighted by atomic mass is 79.9. The summed E-state index contributed by atoms with van der Waals surface area (Å²) in [4.78, 5) is 21.5. The maximum atomic E-state index is 12.5. The van der Waals surface area contributed by atoms with Crippen LogP contribution in [-0.4, -0.2) is 58.6 Å². The number of anilines is 1. The van der Waals surface area contributed by atoms with Crippen molar-refractivity contribution in [1.82, 2.24) is 19.9 Å². The van der Waals surface area contributed by atoms with Gasteiger partial charge in [0.25, 0.3) is 0 Å². The number of carbonyl (C=O) groups is 1. The third kappa shape index (κ3) is 5.58. The second-order valence-electron chi connectivity index (χ2n) is 7.89. The van der Waals surface area contributed by atoms with Crippen LogP contribution in [0, 0.1) is 13.8 Å². The van der Waals surface area contributed by atoms with Gasteiger partial charge in [0.1, 0.15) is 0 Å². The van der Waals surface area contributed by atoms with E-state index in [2.05, 4.69) is 41.2 Å². The molecule has 1 saturated heterocycles. The molecule has 0 radical (unpaired) electrons. The summed E-state index contributed by atoms with van der Waals surface area (Å²) < 4.78 is 6.43. The number of aromatic nitrogens is 2. The highest BCUT2D eigenvalue weighted by molar-refractivity contribution is 9.10. The van der Waals surface area contributed by atoms with Crippen LogP contribution in [-0.2, 0) is 11.3 Å². The van der Waals surface area contributed by atoms with Crippen molar-refractivity contribution in [2.75, 3.05) is 38.0 Å². The van der Waals surface area contributed by atoms with Crippen molar-refractivity contribution in [3.05, 3.63) is 64.0 Å². The fraction of sp³-hybridized carbons (Fsp3) is 0.348. The molecule has 3 aromatic rings. The van der Waals surface area contributed by atoms with Gasteiger partial charge in [-0.05, 0) is 37.1 Å². The van der Waals surface area contributed by atoms with Gasteiger partial charge in [0.05, 0.1) is 13.1 Å². The summed E-state index contributed by atoms with van der Waals surface area (Å²) >= 11 is 3.47. The van der Waals surface area contributed by atoms with Crippen molar-refractivity contribution < 1.29 is 9.32 Å². The van der Waals surface area contributed by atoms with E-state index in [0.29, 0.717) is 24.8 Å². The van der Waals surface area contributed by atoms with Crippen LogP contribution in [0.25, 0.3) is 11.4 Å². The second kappa shape index (κ2) is 9.72. The van der Waals surface area contributed by atoms with Gasteiger partial charge in [-0.25, -0.2) is 0 Å². The zero-order valence-electron chi connectivity index (χ0n) is 17.8. The molecule has 7 nitrogen and oxygen atoms in total. The van der Waals surface area contributed by atoms with E-state index >= 15 is 0 Å². The molecule has 0 saturated carbocycles. The fourth-order valence-corrected chi connectivity index (χ4v) is 4.15. The summed E-state index contributed by atoms with van der Waals surface area (Å²) in [6.07, 6.45) is 0. The fourth-order valence-electron chi connectivity index (χ4n) is 3.75. The summed E-state index contributed by atoms with van der Waals surface area (Å²) in [5, 5.41) is 7.17. The molecule has 1 aliphatic heterocycles. The number of piperazine rings is 1. The highest BCUT2D eigenvalue weighted by Crippen LogP contribution is 2.21. The van der Waals surface area contributed by atoms with Gasteiger partial charge in [-0.1, -0.05) is 51.4 Å². The Labute approximate surface area is 190 Å². The molecular weight excluding hydrogens is 458 g/mol.